The molecule has 0 unspecified atom stereocenters. The monoisotopic (exact) mass is 1120 g/mol. The molecule has 2 saturated carbocycles. The summed E-state index contributed by atoms with van der Waals surface area (Å²) in [5.41, 5.74) is 23.6. The molecule has 1 N–H and O–H groups in total. The fraction of sp³-hybridized carbons (Fsp3) is 0.220. The van der Waals surface area contributed by atoms with Gasteiger partial charge in [0.1, 0.15) is 12.3 Å². The molecule has 4 heteroatoms. The predicted molar refractivity (Wildman–Crippen MR) is 368 cm³/mol. The maximum Gasteiger partial charge on any atom is 0.159 e. The van der Waals surface area contributed by atoms with Gasteiger partial charge in [-0.2, -0.15) is 0 Å². The summed E-state index contributed by atoms with van der Waals surface area (Å²) in [5, 5.41) is 22.1. The molecule has 14 rings (SSSR count). The Kier molecular flexibility index (Phi) is 14.8. The number of rotatable bonds is 15. The molecule has 0 bridgehead atoms. The minimum atomic E-state index is -0.196. The Hall–Kier alpha value is -8.96. The fourth-order valence-corrected chi connectivity index (χ4v) is 15.0. The van der Waals surface area contributed by atoms with Gasteiger partial charge in [-0.3, -0.25) is 0 Å². The molecule has 2 aliphatic carbocycles. The lowest BCUT2D eigenvalue weighted by molar-refractivity contribution is 0.305. The molecular formula is C82H76N2O2. The van der Waals surface area contributed by atoms with Crippen LogP contribution in [0.5, 0.6) is 0 Å². The molecule has 2 fully saturated rings. The standard InChI is InChI=1S/C82H76N2O2/c1-7-9-23-54(5)59-29-19-30-60(47-59)72-48-61(39-38-55(72)6)64-40-37-53(4)46-76(64)83(51-85)77-49-73(57-25-12-10-13-26-57)65-42-44-71-78(50-74(58-27-14-11-15-28-58)66-41-43-70(77)79(65)80(66)71)84(62-31-18-22-52(3)45-62)75-36-21-35-69-68-34-20-33-67(81(68)86-82(69)75)63-32-17-16-24-56(63)8-2/h7,9,16-24,29-50,57-58,85H,1,5,8,10-15,25-28,51H2,2-4,6H3/b23-9-. The maximum absolute atomic E-state index is 12.3. The van der Waals surface area contributed by atoms with Crippen molar-refractivity contribution in [3.63, 3.8) is 0 Å². The number of anilines is 5. The third-order valence-electron chi connectivity index (χ3n) is 19.3. The number of aliphatic hydroxyl groups is 1. The molecule has 86 heavy (non-hydrogen) atoms. The topological polar surface area (TPSA) is 39.9 Å². The number of benzene rings is 11. The fourth-order valence-electron chi connectivity index (χ4n) is 15.0. The molecule has 426 valence electrons. The van der Waals surface area contributed by atoms with E-state index in [-0.39, 0.29) is 6.73 Å². The van der Waals surface area contributed by atoms with E-state index in [1.54, 1.807) is 6.08 Å². The number of aryl methyl sites for hydroxylation is 4. The summed E-state index contributed by atoms with van der Waals surface area (Å²) < 4.78 is 7.40. The van der Waals surface area contributed by atoms with Crippen LogP contribution in [0, 0.1) is 20.8 Å². The lowest BCUT2D eigenvalue weighted by Gasteiger charge is -2.33. The molecule has 0 amide bonds. The summed E-state index contributed by atoms with van der Waals surface area (Å²) in [6.45, 7) is 16.9. The van der Waals surface area contributed by atoms with E-state index in [4.69, 9.17) is 4.42 Å². The third kappa shape index (κ3) is 9.69. The third-order valence-corrected chi connectivity index (χ3v) is 19.3. The lowest BCUT2D eigenvalue weighted by Crippen LogP contribution is -2.20. The van der Waals surface area contributed by atoms with Gasteiger partial charge >= 0.3 is 0 Å². The van der Waals surface area contributed by atoms with Crippen LogP contribution in [0.2, 0.25) is 0 Å². The van der Waals surface area contributed by atoms with Gasteiger partial charge in [0.25, 0.3) is 0 Å². The summed E-state index contributed by atoms with van der Waals surface area (Å²) >= 11 is 0. The molecule has 0 saturated heterocycles. The number of para-hydroxylation sites is 2. The minimum absolute atomic E-state index is 0.196. The van der Waals surface area contributed by atoms with Crippen LogP contribution in [0.4, 0.5) is 28.4 Å². The van der Waals surface area contributed by atoms with Gasteiger partial charge < -0.3 is 19.3 Å². The Balaban J connectivity index is 1.02. The van der Waals surface area contributed by atoms with Crippen molar-refractivity contribution in [1.29, 1.82) is 0 Å². The zero-order valence-corrected chi connectivity index (χ0v) is 50.4. The zero-order chi connectivity index (χ0) is 58.6. The first kappa shape index (κ1) is 54.9. The summed E-state index contributed by atoms with van der Waals surface area (Å²) in [6.07, 6.45) is 18.7. The highest BCUT2D eigenvalue weighted by molar-refractivity contribution is 6.29. The first-order valence-electron chi connectivity index (χ1n) is 31.6. The Labute approximate surface area is 507 Å². The van der Waals surface area contributed by atoms with Gasteiger partial charge in [0, 0.05) is 38.4 Å². The highest BCUT2D eigenvalue weighted by atomic mass is 16.3. The molecular weight excluding hydrogens is 1040 g/mol. The van der Waals surface area contributed by atoms with Crippen LogP contribution in [-0.4, -0.2) is 11.8 Å². The van der Waals surface area contributed by atoms with Crippen molar-refractivity contribution in [3.05, 3.63) is 252 Å². The predicted octanol–water partition coefficient (Wildman–Crippen LogP) is 23.4. The van der Waals surface area contributed by atoms with Crippen molar-refractivity contribution in [2.45, 2.75) is 110 Å². The van der Waals surface area contributed by atoms with E-state index >= 15 is 0 Å². The Morgan fingerprint density at radius 3 is 1.85 bits per heavy atom. The smallest absolute Gasteiger partial charge is 0.159 e. The van der Waals surface area contributed by atoms with Crippen molar-refractivity contribution in [3.8, 4) is 33.4 Å². The second-order valence-electron chi connectivity index (χ2n) is 24.7. The first-order valence-corrected chi connectivity index (χ1v) is 31.6. The number of hydrogen-bond donors (Lipinski definition) is 1. The van der Waals surface area contributed by atoms with Crippen LogP contribution >= 0.6 is 0 Å². The molecule has 4 nitrogen and oxygen atoms in total. The quantitative estimate of drug-likeness (QED) is 0.0631. The van der Waals surface area contributed by atoms with Crippen molar-refractivity contribution in [2.24, 2.45) is 0 Å². The number of furan rings is 1. The van der Waals surface area contributed by atoms with Crippen LogP contribution in [0.3, 0.4) is 0 Å². The van der Waals surface area contributed by atoms with E-state index in [2.05, 4.69) is 233 Å². The number of nitrogens with zero attached hydrogens (tertiary/aromatic N) is 2. The molecule has 0 spiro atoms. The number of allylic oxidation sites excluding steroid dienone is 4. The molecule has 11 aromatic carbocycles. The average molecular weight is 1120 g/mol. The van der Waals surface area contributed by atoms with E-state index in [9.17, 15) is 5.11 Å². The van der Waals surface area contributed by atoms with Crippen LogP contribution in [0.1, 0.15) is 122 Å². The van der Waals surface area contributed by atoms with Gasteiger partial charge in [-0.05, 0) is 202 Å². The summed E-state index contributed by atoms with van der Waals surface area (Å²) in [5.74, 6) is 0.801. The minimum Gasteiger partial charge on any atom is -0.453 e. The molecule has 0 radical (unpaired) electrons. The van der Waals surface area contributed by atoms with Crippen molar-refractivity contribution in [1.82, 2.24) is 0 Å². The number of aliphatic hydroxyl groups excluding tert-OH is 1. The zero-order valence-electron chi connectivity index (χ0n) is 50.4. The SMILES string of the molecule is C=C/C=C\C(=C)c1cccc(-c2cc(-c3ccc(C)cc3N(CO)c3cc(C4CCCCC4)c4ccc5c(N(c6cccc(C)c6)c6cccc7c6oc6c(-c8ccccc8CC)cccc67)cc(C6CCCCC6)c6ccc3c4c65)ccc2C)c1. The normalized spacial score (nSPS) is 14.4. The van der Waals surface area contributed by atoms with Crippen molar-refractivity contribution >= 4 is 88.3 Å². The number of hydrogen-bond acceptors (Lipinski definition) is 4. The lowest BCUT2D eigenvalue weighted by atomic mass is 9.77. The van der Waals surface area contributed by atoms with Gasteiger partial charge in [-0.25, -0.2) is 0 Å². The highest BCUT2D eigenvalue weighted by Crippen LogP contribution is 2.54. The van der Waals surface area contributed by atoms with Crippen LogP contribution in [0.25, 0.3) is 93.2 Å². The second kappa shape index (κ2) is 23.1. The molecule has 1 heterocycles. The summed E-state index contributed by atoms with van der Waals surface area (Å²) in [6, 6.07) is 68.3. The van der Waals surface area contributed by atoms with Crippen LogP contribution < -0.4 is 9.80 Å². The molecule has 1 aromatic heterocycles. The molecule has 12 aromatic rings. The van der Waals surface area contributed by atoms with E-state index < -0.39 is 0 Å². The molecule has 2 aliphatic rings. The van der Waals surface area contributed by atoms with Crippen molar-refractivity contribution < 1.29 is 9.52 Å². The van der Waals surface area contributed by atoms with Gasteiger partial charge in [0.15, 0.2) is 5.58 Å². The van der Waals surface area contributed by atoms with Crippen LogP contribution in [0.15, 0.2) is 218 Å². The van der Waals surface area contributed by atoms with Gasteiger partial charge in [-0.15, -0.1) is 0 Å². The Bertz CT molecular complexity index is 4620. The molecule has 0 atom stereocenters. The summed E-state index contributed by atoms with van der Waals surface area (Å²) in [4.78, 5) is 4.74. The van der Waals surface area contributed by atoms with E-state index in [0.29, 0.717) is 11.8 Å². The Morgan fingerprint density at radius 2 is 1.14 bits per heavy atom. The van der Waals surface area contributed by atoms with Gasteiger partial charge in [0.2, 0.25) is 0 Å². The Morgan fingerprint density at radius 1 is 0.512 bits per heavy atom. The summed E-state index contributed by atoms with van der Waals surface area (Å²) in [7, 11) is 0. The van der Waals surface area contributed by atoms with E-state index in [0.717, 1.165) is 132 Å². The number of fused-ring (bicyclic) bond motifs is 3. The highest BCUT2D eigenvalue weighted by Gasteiger charge is 2.31. The van der Waals surface area contributed by atoms with Gasteiger partial charge in [0.05, 0.1) is 22.7 Å². The maximum atomic E-state index is 12.3. The largest absolute Gasteiger partial charge is 0.453 e. The van der Waals surface area contributed by atoms with E-state index in [1.165, 1.54) is 98.8 Å². The first-order chi connectivity index (χ1) is 42.2. The van der Waals surface area contributed by atoms with Crippen molar-refractivity contribution in [2.75, 3.05) is 16.5 Å². The van der Waals surface area contributed by atoms with E-state index in [1.807, 2.05) is 12.2 Å². The average Bonchev–Trinajstić information content (AvgIpc) is 1.78. The van der Waals surface area contributed by atoms with Crippen LogP contribution in [-0.2, 0) is 6.42 Å². The van der Waals surface area contributed by atoms with Gasteiger partial charge in [-0.1, -0.05) is 210 Å². The molecule has 0 aliphatic heterocycles. The second-order valence-corrected chi connectivity index (χ2v) is 24.7.